The minimum absolute atomic E-state index is 0.261. The lowest BCUT2D eigenvalue weighted by molar-refractivity contribution is -0.147. The first-order chi connectivity index (χ1) is 10.0. The number of benzene rings is 1. The predicted molar refractivity (Wildman–Crippen MR) is 74.6 cm³/mol. The van der Waals surface area contributed by atoms with Crippen LogP contribution in [0.15, 0.2) is 23.1 Å². The summed E-state index contributed by atoms with van der Waals surface area (Å²) >= 11 is 0. The van der Waals surface area contributed by atoms with E-state index in [4.69, 9.17) is 4.74 Å². The summed E-state index contributed by atoms with van der Waals surface area (Å²) in [6.07, 6.45) is 1.45. The van der Waals surface area contributed by atoms with Crippen LogP contribution in [0, 0.1) is 0 Å². The van der Waals surface area contributed by atoms with E-state index < -0.39 is 22.1 Å². The van der Waals surface area contributed by atoms with Gasteiger partial charge in [0.15, 0.2) is 6.10 Å². The summed E-state index contributed by atoms with van der Waals surface area (Å²) in [7, 11) is -2.14. The lowest BCUT2D eigenvalue weighted by Crippen LogP contribution is -2.27. The summed E-state index contributed by atoms with van der Waals surface area (Å²) in [5, 5.41) is 0. The highest BCUT2D eigenvalue weighted by Crippen LogP contribution is 2.32. The Bertz CT molecular complexity index is 664. The van der Waals surface area contributed by atoms with Crippen molar-refractivity contribution in [2.45, 2.75) is 30.3 Å². The molecule has 0 amide bonds. The van der Waals surface area contributed by atoms with E-state index in [1.165, 1.54) is 17.5 Å². The predicted octanol–water partition coefficient (Wildman–Crippen LogP) is 0.948. The zero-order valence-electron chi connectivity index (χ0n) is 11.7. The van der Waals surface area contributed by atoms with E-state index in [0.29, 0.717) is 25.3 Å². The molecule has 0 aliphatic carbocycles. The Morgan fingerprint density at radius 1 is 1.33 bits per heavy atom. The monoisotopic (exact) mass is 311 g/mol. The van der Waals surface area contributed by atoms with Crippen LogP contribution < -0.4 is 4.74 Å². The molecule has 1 saturated heterocycles. The average molecular weight is 311 g/mol. The van der Waals surface area contributed by atoms with E-state index in [1.807, 2.05) is 0 Å². The van der Waals surface area contributed by atoms with Crippen LogP contribution >= 0.6 is 0 Å². The Kier molecular flexibility index (Phi) is 3.62. The first-order valence-electron chi connectivity index (χ1n) is 6.90. The summed E-state index contributed by atoms with van der Waals surface area (Å²) in [5.41, 5.74) is 0.727. The Morgan fingerprint density at radius 3 is 2.71 bits per heavy atom. The Balaban J connectivity index is 1.87. The van der Waals surface area contributed by atoms with Gasteiger partial charge in [-0.25, -0.2) is 13.2 Å². The van der Waals surface area contributed by atoms with Crippen LogP contribution in [0.3, 0.4) is 0 Å². The van der Waals surface area contributed by atoms with Gasteiger partial charge in [0.25, 0.3) is 0 Å². The molecule has 7 heteroatoms. The van der Waals surface area contributed by atoms with Gasteiger partial charge in [-0.05, 0) is 36.6 Å². The number of hydrogen-bond acceptors (Lipinski definition) is 5. The van der Waals surface area contributed by atoms with E-state index in [9.17, 15) is 13.2 Å². The zero-order valence-corrected chi connectivity index (χ0v) is 12.6. The highest BCUT2D eigenvalue weighted by atomic mass is 32.2. The van der Waals surface area contributed by atoms with Crippen LogP contribution in [-0.4, -0.2) is 45.0 Å². The number of rotatable bonds is 3. The maximum atomic E-state index is 12.5. The zero-order chi connectivity index (χ0) is 15.0. The Labute approximate surface area is 123 Å². The number of carbonyl (C=O) groups is 1. The van der Waals surface area contributed by atoms with E-state index in [0.717, 1.165) is 18.4 Å². The van der Waals surface area contributed by atoms with E-state index in [-0.39, 0.29) is 4.90 Å². The summed E-state index contributed by atoms with van der Waals surface area (Å²) in [4.78, 5) is 11.8. The van der Waals surface area contributed by atoms with Gasteiger partial charge in [-0.15, -0.1) is 0 Å². The van der Waals surface area contributed by atoms with Crippen molar-refractivity contribution < 1.29 is 22.7 Å². The molecular formula is C14H17NO5S. The van der Waals surface area contributed by atoms with Crippen molar-refractivity contribution in [2.24, 2.45) is 0 Å². The number of ether oxygens (including phenoxy) is 2. The van der Waals surface area contributed by atoms with Crippen molar-refractivity contribution in [3.05, 3.63) is 23.8 Å². The van der Waals surface area contributed by atoms with Gasteiger partial charge in [0.2, 0.25) is 10.0 Å². The van der Waals surface area contributed by atoms with Crippen molar-refractivity contribution in [3.8, 4) is 5.75 Å². The summed E-state index contributed by atoms with van der Waals surface area (Å²) in [6, 6.07) is 4.75. The first kappa shape index (κ1) is 14.3. The fraction of sp³-hybridized carbons (Fsp3) is 0.500. The van der Waals surface area contributed by atoms with Crippen LogP contribution in [0.5, 0.6) is 5.75 Å². The number of carbonyl (C=O) groups excluding carboxylic acids is 1. The molecule has 0 unspecified atom stereocenters. The van der Waals surface area contributed by atoms with Gasteiger partial charge in [-0.3, -0.25) is 0 Å². The van der Waals surface area contributed by atoms with Crippen LogP contribution in [0.4, 0.5) is 0 Å². The van der Waals surface area contributed by atoms with Crippen molar-refractivity contribution in [3.63, 3.8) is 0 Å². The van der Waals surface area contributed by atoms with Crippen LogP contribution in [0.2, 0.25) is 0 Å². The van der Waals surface area contributed by atoms with Crippen LogP contribution in [0.25, 0.3) is 0 Å². The molecule has 2 heterocycles. The van der Waals surface area contributed by atoms with Crippen LogP contribution in [-0.2, 0) is 26.0 Å². The summed E-state index contributed by atoms with van der Waals surface area (Å²) in [6.45, 7) is 1.14. The van der Waals surface area contributed by atoms with E-state index in [2.05, 4.69) is 4.74 Å². The van der Waals surface area contributed by atoms with Crippen molar-refractivity contribution in [1.82, 2.24) is 4.31 Å². The second kappa shape index (κ2) is 5.31. The van der Waals surface area contributed by atoms with Gasteiger partial charge in [0.1, 0.15) is 5.75 Å². The molecule has 1 fully saturated rings. The van der Waals surface area contributed by atoms with Crippen molar-refractivity contribution in [2.75, 3.05) is 20.2 Å². The van der Waals surface area contributed by atoms with E-state index >= 15 is 0 Å². The van der Waals surface area contributed by atoms with Gasteiger partial charge in [-0.2, -0.15) is 4.31 Å². The maximum Gasteiger partial charge on any atom is 0.347 e. The fourth-order valence-corrected chi connectivity index (χ4v) is 4.29. The number of esters is 1. The molecule has 2 aliphatic rings. The topological polar surface area (TPSA) is 72.9 Å². The SMILES string of the molecule is COC(=O)[C@@H]1Cc2cc(S(=O)(=O)N3CCCC3)ccc2O1. The molecule has 6 nitrogen and oxygen atoms in total. The third-order valence-corrected chi connectivity index (χ3v) is 5.77. The average Bonchev–Trinajstić information content (AvgIpc) is 3.14. The molecule has 21 heavy (non-hydrogen) atoms. The molecule has 0 bridgehead atoms. The minimum Gasteiger partial charge on any atom is -0.478 e. The van der Waals surface area contributed by atoms with Crippen molar-refractivity contribution in [1.29, 1.82) is 0 Å². The molecule has 0 saturated carbocycles. The van der Waals surface area contributed by atoms with E-state index in [1.54, 1.807) is 12.1 Å². The van der Waals surface area contributed by atoms with Gasteiger partial charge < -0.3 is 9.47 Å². The molecule has 0 N–H and O–H groups in total. The number of hydrogen-bond donors (Lipinski definition) is 0. The fourth-order valence-electron chi connectivity index (χ4n) is 2.73. The molecule has 114 valence electrons. The third-order valence-electron chi connectivity index (χ3n) is 3.87. The molecular weight excluding hydrogens is 294 g/mol. The van der Waals surface area contributed by atoms with Crippen LogP contribution in [0.1, 0.15) is 18.4 Å². The minimum atomic E-state index is -3.44. The summed E-state index contributed by atoms with van der Waals surface area (Å²) in [5.74, 6) is 0.0981. The number of methoxy groups -OCH3 is 1. The maximum absolute atomic E-state index is 12.5. The molecule has 1 aromatic carbocycles. The lowest BCUT2D eigenvalue weighted by Gasteiger charge is -2.15. The van der Waals surface area contributed by atoms with Crippen molar-refractivity contribution >= 4 is 16.0 Å². The highest BCUT2D eigenvalue weighted by Gasteiger charge is 2.33. The molecule has 1 aromatic rings. The van der Waals surface area contributed by atoms with Gasteiger partial charge in [-0.1, -0.05) is 0 Å². The van der Waals surface area contributed by atoms with Gasteiger partial charge >= 0.3 is 5.97 Å². The Morgan fingerprint density at radius 2 is 2.05 bits per heavy atom. The quantitative estimate of drug-likeness (QED) is 0.777. The van der Waals surface area contributed by atoms with Gasteiger partial charge in [0, 0.05) is 19.5 Å². The number of nitrogens with zero attached hydrogens (tertiary/aromatic N) is 1. The Hall–Kier alpha value is -1.60. The van der Waals surface area contributed by atoms with Gasteiger partial charge in [0.05, 0.1) is 12.0 Å². The molecule has 0 aromatic heterocycles. The molecule has 0 spiro atoms. The summed E-state index contributed by atoms with van der Waals surface area (Å²) < 4.78 is 36.6. The second-order valence-corrected chi connectivity index (χ2v) is 7.15. The third kappa shape index (κ3) is 2.51. The first-order valence-corrected chi connectivity index (χ1v) is 8.34. The highest BCUT2D eigenvalue weighted by molar-refractivity contribution is 7.89. The standard InChI is InChI=1S/C14H17NO5S/c1-19-14(16)13-9-10-8-11(4-5-12(10)20-13)21(17,18)15-6-2-3-7-15/h4-5,8,13H,2-3,6-7,9H2,1H3/t13-/m0/s1. The lowest BCUT2D eigenvalue weighted by atomic mass is 10.1. The molecule has 2 aliphatic heterocycles. The molecule has 3 rings (SSSR count). The molecule has 1 atom stereocenters. The second-order valence-electron chi connectivity index (χ2n) is 5.21. The number of sulfonamides is 1. The number of fused-ring (bicyclic) bond motifs is 1. The normalized spacial score (nSPS) is 21.9. The molecule has 0 radical (unpaired) electrons. The largest absolute Gasteiger partial charge is 0.478 e. The smallest absolute Gasteiger partial charge is 0.347 e.